The maximum atomic E-state index is 5.64. The van der Waals surface area contributed by atoms with Gasteiger partial charge in [-0.2, -0.15) is 0 Å². The summed E-state index contributed by atoms with van der Waals surface area (Å²) in [6.07, 6.45) is 15.1. The molecule has 0 spiro atoms. The average molecular weight is 393 g/mol. The Morgan fingerprint density at radius 1 is 0.750 bits per heavy atom. The van der Waals surface area contributed by atoms with Crippen molar-refractivity contribution in [2.45, 2.75) is 72.6 Å². The van der Waals surface area contributed by atoms with Gasteiger partial charge in [0.05, 0.1) is 0 Å². The minimum atomic E-state index is 0.769. The zero-order valence-electron chi connectivity index (χ0n) is 19.2. The van der Waals surface area contributed by atoms with Crippen LogP contribution in [0.4, 0.5) is 0 Å². The molecule has 0 saturated heterocycles. The van der Waals surface area contributed by atoms with Gasteiger partial charge in [-0.05, 0) is 112 Å². The van der Waals surface area contributed by atoms with Gasteiger partial charge in [-0.15, -0.1) is 0 Å². The summed E-state index contributed by atoms with van der Waals surface area (Å²) in [7, 11) is 0. The van der Waals surface area contributed by atoms with Crippen molar-refractivity contribution in [2.75, 3.05) is 45.8 Å². The lowest BCUT2D eigenvalue weighted by Gasteiger charge is -2.21. The van der Waals surface area contributed by atoms with Crippen LogP contribution in [0.3, 0.4) is 0 Å². The molecule has 0 atom stereocenters. The normalized spacial score (nSPS) is 12.7. The highest BCUT2D eigenvalue weighted by molar-refractivity contribution is 5.05. The van der Waals surface area contributed by atoms with Crippen LogP contribution >= 0.6 is 0 Å². The molecule has 0 aromatic heterocycles. The average Bonchev–Trinajstić information content (AvgIpc) is 2.65. The topological polar surface area (TPSA) is 67.3 Å². The molecule has 0 radical (unpaired) electrons. The second-order valence-electron chi connectivity index (χ2n) is 8.14. The number of nitrogens with one attached hydrogen (secondary N) is 1. The summed E-state index contributed by atoms with van der Waals surface area (Å²) in [5.41, 5.74) is 15.7. The summed E-state index contributed by atoms with van der Waals surface area (Å²) < 4.78 is 0. The van der Waals surface area contributed by atoms with E-state index in [2.05, 4.69) is 56.1 Å². The molecule has 0 aliphatic heterocycles. The van der Waals surface area contributed by atoms with Gasteiger partial charge in [0.2, 0.25) is 0 Å². The lowest BCUT2D eigenvalue weighted by molar-refractivity contribution is 0.266. The maximum Gasteiger partial charge on any atom is 0.0137 e. The van der Waals surface area contributed by atoms with E-state index in [-0.39, 0.29) is 0 Å². The predicted molar refractivity (Wildman–Crippen MR) is 127 cm³/mol. The van der Waals surface area contributed by atoms with Crippen molar-refractivity contribution in [3.8, 4) is 0 Å². The number of nitrogens with zero attached hydrogens (tertiary/aromatic N) is 1. The molecule has 0 aromatic carbocycles. The molecule has 4 heteroatoms. The van der Waals surface area contributed by atoms with Gasteiger partial charge in [0.15, 0.2) is 0 Å². The van der Waals surface area contributed by atoms with E-state index >= 15 is 0 Å². The molecule has 28 heavy (non-hydrogen) atoms. The summed E-state index contributed by atoms with van der Waals surface area (Å²) in [4.78, 5) is 2.49. The van der Waals surface area contributed by atoms with Crippen LogP contribution < -0.4 is 16.8 Å². The zero-order valence-corrected chi connectivity index (χ0v) is 19.2. The van der Waals surface area contributed by atoms with Crippen molar-refractivity contribution in [1.29, 1.82) is 0 Å². The molecule has 0 heterocycles. The lowest BCUT2D eigenvalue weighted by Crippen LogP contribution is -2.31. The summed E-state index contributed by atoms with van der Waals surface area (Å²) in [5.74, 6) is 0. The first kappa shape index (κ1) is 27.1. The predicted octanol–water partition coefficient (Wildman–Crippen LogP) is 4.38. The molecule has 0 unspecified atom stereocenters. The van der Waals surface area contributed by atoms with Crippen LogP contribution in [0, 0.1) is 0 Å². The van der Waals surface area contributed by atoms with E-state index in [0.717, 1.165) is 71.5 Å². The van der Waals surface area contributed by atoms with Crippen molar-refractivity contribution in [3.63, 3.8) is 0 Å². The molecule has 5 N–H and O–H groups in total. The van der Waals surface area contributed by atoms with Crippen molar-refractivity contribution >= 4 is 0 Å². The van der Waals surface area contributed by atoms with Crippen molar-refractivity contribution in [2.24, 2.45) is 11.5 Å². The van der Waals surface area contributed by atoms with Gasteiger partial charge in [-0.1, -0.05) is 34.9 Å². The van der Waals surface area contributed by atoms with Crippen molar-refractivity contribution < 1.29 is 0 Å². The molecule has 0 aliphatic carbocycles. The SMILES string of the molecule is CC(C)=CCCC(C)=CCCC(C)=CCNCCCN(CCCN)CCCN. The molecular weight excluding hydrogens is 344 g/mol. The fourth-order valence-electron chi connectivity index (χ4n) is 3.08. The fourth-order valence-corrected chi connectivity index (χ4v) is 3.08. The van der Waals surface area contributed by atoms with Crippen LogP contribution in [0.2, 0.25) is 0 Å². The second-order valence-corrected chi connectivity index (χ2v) is 8.14. The molecular formula is C24H48N4. The Morgan fingerprint density at radius 3 is 1.86 bits per heavy atom. The van der Waals surface area contributed by atoms with E-state index in [1.807, 2.05) is 0 Å². The molecule has 164 valence electrons. The minimum absolute atomic E-state index is 0.769. The highest BCUT2D eigenvalue weighted by Crippen LogP contribution is 2.11. The molecule has 0 bridgehead atoms. The van der Waals surface area contributed by atoms with Gasteiger partial charge in [0.25, 0.3) is 0 Å². The first-order valence-electron chi connectivity index (χ1n) is 11.3. The third-order valence-electron chi connectivity index (χ3n) is 4.90. The van der Waals surface area contributed by atoms with Crippen molar-refractivity contribution in [3.05, 3.63) is 34.9 Å². The summed E-state index contributed by atoms with van der Waals surface area (Å²) in [5, 5.41) is 3.55. The van der Waals surface area contributed by atoms with Crippen LogP contribution in [0.1, 0.15) is 72.6 Å². The van der Waals surface area contributed by atoms with Gasteiger partial charge in [0.1, 0.15) is 0 Å². The number of rotatable bonds is 18. The van der Waals surface area contributed by atoms with E-state index in [1.54, 1.807) is 0 Å². The lowest BCUT2D eigenvalue weighted by atomic mass is 10.1. The van der Waals surface area contributed by atoms with E-state index in [0.29, 0.717) is 0 Å². The Balaban J connectivity index is 3.85. The number of nitrogens with two attached hydrogens (primary N) is 2. The smallest absolute Gasteiger partial charge is 0.0137 e. The zero-order chi connectivity index (χ0) is 21.0. The third kappa shape index (κ3) is 18.4. The molecule has 4 nitrogen and oxygen atoms in total. The van der Waals surface area contributed by atoms with Gasteiger partial charge < -0.3 is 21.7 Å². The van der Waals surface area contributed by atoms with Crippen LogP contribution in [-0.4, -0.2) is 50.7 Å². The second kappa shape index (κ2) is 19.4. The van der Waals surface area contributed by atoms with E-state index < -0.39 is 0 Å². The Morgan fingerprint density at radius 2 is 1.29 bits per heavy atom. The summed E-state index contributed by atoms with van der Waals surface area (Å²) in [6, 6.07) is 0. The van der Waals surface area contributed by atoms with Gasteiger partial charge in [-0.25, -0.2) is 0 Å². The van der Waals surface area contributed by atoms with Crippen molar-refractivity contribution in [1.82, 2.24) is 10.2 Å². The Labute approximate surface area is 175 Å². The molecule has 0 aliphatic rings. The third-order valence-corrected chi connectivity index (χ3v) is 4.90. The van der Waals surface area contributed by atoms with E-state index in [1.165, 1.54) is 36.0 Å². The van der Waals surface area contributed by atoms with Gasteiger partial charge in [-0.3, -0.25) is 0 Å². The summed E-state index contributed by atoms with van der Waals surface area (Å²) in [6.45, 7) is 15.7. The van der Waals surface area contributed by atoms with Crippen LogP contribution in [0.5, 0.6) is 0 Å². The Bertz CT molecular complexity index is 440. The van der Waals surface area contributed by atoms with Gasteiger partial charge in [0, 0.05) is 6.54 Å². The quantitative estimate of drug-likeness (QED) is 0.239. The molecule has 0 fully saturated rings. The van der Waals surface area contributed by atoms with Crippen LogP contribution in [0.15, 0.2) is 34.9 Å². The first-order chi connectivity index (χ1) is 13.5. The minimum Gasteiger partial charge on any atom is -0.330 e. The summed E-state index contributed by atoms with van der Waals surface area (Å²) >= 11 is 0. The van der Waals surface area contributed by atoms with Crippen LogP contribution in [0.25, 0.3) is 0 Å². The van der Waals surface area contributed by atoms with Crippen LogP contribution in [-0.2, 0) is 0 Å². The van der Waals surface area contributed by atoms with E-state index in [4.69, 9.17) is 11.5 Å². The molecule has 0 saturated carbocycles. The largest absolute Gasteiger partial charge is 0.330 e. The first-order valence-corrected chi connectivity index (χ1v) is 11.3. The molecule has 0 amide bonds. The highest BCUT2D eigenvalue weighted by atomic mass is 15.1. The van der Waals surface area contributed by atoms with E-state index in [9.17, 15) is 0 Å². The monoisotopic (exact) mass is 392 g/mol. The molecule has 0 rings (SSSR count). The van der Waals surface area contributed by atoms with Gasteiger partial charge >= 0.3 is 0 Å². The maximum absolute atomic E-state index is 5.64. The number of hydrogen-bond donors (Lipinski definition) is 3. The number of allylic oxidation sites excluding steroid dienone is 5. The standard InChI is InChI=1S/C24H48N4/c1-22(2)10-5-11-23(3)12-6-13-24(4)14-18-27-17-9-21-28(19-7-15-25)20-8-16-26/h10,12,14,27H,5-9,11,13,15-21,25-26H2,1-4H3. The highest BCUT2D eigenvalue weighted by Gasteiger charge is 2.03. The molecule has 0 aromatic rings. The fraction of sp³-hybridized carbons (Fsp3) is 0.750. The Hall–Kier alpha value is -0.940. The Kier molecular flexibility index (Phi) is 18.7. The number of hydrogen-bond acceptors (Lipinski definition) is 4.